The summed E-state index contributed by atoms with van der Waals surface area (Å²) in [6, 6.07) is 0. The van der Waals surface area contributed by atoms with E-state index < -0.39 is 0 Å². The van der Waals surface area contributed by atoms with Crippen molar-refractivity contribution in [3.8, 4) is 5.82 Å². The summed E-state index contributed by atoms with van der Waals surface area (Å²) in [4.78, 5) is 12.6. The smallest absolute Gasteiger partial charge is 0.166 e. The number of imidazole rings is 1. The molecule has 0 atom stereocenters. The number of nitrogens with zero attached hydrogens (tertiary/aromatic N) is 4. The van der Waals surface area contributed by atoms with Crippen LogP contribution >= 0.6 is 0 Å². The fourth-order valence-electron chi connectivity index (χ4n) is 3.64. The molecule has 6 nitrogen and oxygen atoms in total. The summed E-state index contributed by atoms with van der Waals surface area (Å²) in [5.74, 6) is 1.37. The Balaban J connectivity index is 1.44. The van der Waals surface area contributed by atoms with Crippen LogP contribution in [0.15, 0.2) is 25.0 Å². The monoisotopic (exact) mass is 400 g/mol. The lowest BCUT2D eigenvalue weighted by molar-refractivity contribution is 0.537. The molecule has 0 aliphatic carbocycles. The van der Waals surface area contributed by atoms with Gasteiger partial charge in [0.05, 0.1) is 0 Å². The van der Waals surface area contributed by atoms with Gasteiger partial charge in [0.1, 0.15) is 18.3 Å². The van der Waals surface area contributed by atoms with Crippen molar-refractivity contribution >= 4 is 11.5 Å². The standard InChI is InChI=1S/C23H40N6/c1-2-3-4-5-6-7-8-9-10-11-12-13-14-15-16-26-22-21(24)23(28-19-27-22)29-18-17-25-20-29/h17-20H,2-16,24H2,1H3,(H,26,27,28). The van der Waals surface area contributed by atoms with Crippen LogP contribution in [0.25, 0.3) is 5.82 Å². The summed E-state index contributed by atoms with van der Waals surface area (Å²) in [6.07, 6.45) is 26.0. The first kappa shape index (κ1) is 23.2. The van der Waals surface area contributed by atoms with Gasteiger partial charge in [-0.15, -0.1) is 0 Å². The molecule has 0 amide bonds. The van der Waals surface area contributed by atoms with Gasteiger partial charge < -0.3 is 11.1 Å². The highest BCUT2D eigenvalue weighted by atomic mass is 15.1. The Kier molecular flexibility index (Phi) is 11.8. The maximum absolute atomic E-state index is 6.20. The van der Waals surface area contributed by atoms with Crippen molar-refractivity contribution in [2.24, 2.45) is 0 Å². The molecule has 2 heterocycles. The average molecular weight is 401 g/mol. The molecule has 29 heavy (non-hydrogen) atoms. The summed E-state index contributed by atoms with van der Waals surface area (Å²) in [5.41, 5.74) is 6.76. The summed E-state index contributed by atoms with van der Waals surface area (Å²) >= 11 is 0. The maximum Gasteiger partial charge on any atom is 0.166 e. The molecule has 2 aromatic rings. The number of nitrogens with one attached hydrogen (secondary N) is 1. The highest BCUT2D eigenvalue weighted by Gasteiger charge is 2.08. The topological polar surface area (TPSA) is 81.7 Å². The Morgan fingerprint density at radius 2 is 1.41 bits per heavy atom. The predicted octanol–water partition coefficient (Wildman–Crippen LogP) is 6.14. The minimum absolute atomic E-state index is 0.566. The van der Waals surface area contributed by atoms with Crippen LogP contribution in [0.1, 0.15) is 96.8 Å². The molecule has 0 saturated heterocycles. The van der Waals surface area contributed by atoms with Gasteiger partial charge in [0.25, 0.3) is 0 Å². The minimum atomic E-state index is 0.566. The van der Waals surface area contributed by atoms with Crippen LogP contribution in [0.2, 0.25) is 0 Å². The molecule has 0 spiro atoms. The Hall–Kier alpha value is -2.11. The van der Waals surface area contributed by atoms with Crippen molar-refractivity contribution in [3.63, 3.8) is 0 Å². The first-order valence-electron chi connectivity index (χ1n) is 11.7. The molecule has 0 aliphatic rings. The third-order valence-corrected chi connectivity index (χ3v) is 5.43. The minimum Gasteiger partial charge on any atom is -0.393 e. The first-order valence-corrected chi connectivity index (χ1v) is 11.7. The SMILES string of the molecule is CCCCCCCCCCCCCCCCNc1ncnc(-n2ccnc2)c1N. The second kappa shape index (κ2) is 14.8. The Labute approximate surface area is 176 Å². The van der Waals surface area contributed by atoms with Gasteiger partial charge in [0.2, 0.25) is 0 Å². The molecule has 0 radical (unpaired) electrons. The van der Waals surface area contributed by atoms with Crippen molar-refractivity contribution in [1.29, 1.82) is 0 Å². The van der Waals surface area contributed by atoms with Crippen molar-refractivity contribution in [2.45, 2.75) is 96.8 Å². The Morgan fingerprint density at radius 3 is 1.97 bits per heavy atom. The van der Waals surface area contributed by atoms with Crippen molar-refractivity contribution in [3.05, 3.63) is 25.0 Å². The molecule has 0 unspecified atom stereocenters. The normalized spacial score (nSPS) is 11.1. The molecule has 0 fully saturated rings. The molecule has 2 rings (SSSR count). The van der Waals surface area contributed by atoms with Crippen LogP contribution in [-0.4, -0.2) is 26.1 Å². The molecule has 162 valence electrons. The largest absolute Gasteiger partial charge is 0.393 e. The van der Waals surface area contributed by atoms with E-state index in [0.29, 0.717) is 17.3 Å². The summed E-state index contributed by atoms with van der Waals surface area (Å²) in [6.45, 7) is 3.17. The number of rotatable bonds is 17. The van der Waals surface area contributed by atoms with Gasteiger partial charge in [0, 0.05) is 18.9 Å². The summed E-state index contributed by atoms with van der Waals surface area (Å²) in [7, 11) is 0. The van der Waals surface area contributed by atoms with Gasteiger partial charge in [-0.25, -0.2) is 15.0 Å². The lowest BCUT2D eigenvalue weighted by Crippen LogP contribution is -2.10. The van der Waals surface area contributed by atoms with E-state index in [2.05, 4.69) is 27.2 Å². The van der Waals surface area contributed by atoms with Gasteiger partial charge in [-0.05, 0) is 6.42 Å². The van der Waals surface area contributed by atoms with E-state index in [9.17, 15) is 0 Å². The summed E-state index contributed by atoms with van der Waals surface area (Å²) in [5, 5.41) is 3.35. The Bertz CT molecular complexity index is 641. The van der Waals surface area contributed by atoms with Gasteiger partial charge in [0.15, 0.2) is 11.6 Å². The number of aromatic nitrogens is 4. The van der Waals surface area contributed by atoms with Crippen LogP contribution in [0.5, 0.6) is 0 Å². The molecule has 0 aliphatic heterocycles. The van der Waals surface area contributed by atoms with Gasteiger partial charge in [-0.1, -0.05) is 90.4 Å². The molecular formula is C23H40N6. The lowest BCUT2D eigenvalue weighted by Gasteiger charge is -2.11. The van der Waals surface area contributed by atoms with Crippen molar-refractivity contribution in [2.75, 3.05) is 17.6 Å². The highest BCUT2D eigenvalue weighted by Crippen LogP contribution is 2.21. The Morgan fingerprint density at radius 1 is 0.828 bits per heavy atom. The lowest BCUT2D eigenvalue weighted by atomic mass is 10.0. The second-order valence-corrected chi connectivity index (χ2v) is 7.95. The van der Waals surface area contributed by atoms with Crippen LogP contribution in [0.4, 0.5) is 11.5 Å². The third-order valence-electron chi connectivity index (χ3n) is 5.43. The van der Waals surface area contributed by atoms with Gasteiger partial charge in [-0.2, -0.15) is 0 Å². The van der Waals surface area contributed by atoms with Crippen LogP contribution < -0.4 is 11.1 Å². The van der Waals surface area contributed by atoms with Crippen LogP contribution in [0.3, 0.4) is 0 Å². The van der Waals surface area contributed by atoms with E-state index in [0.717, 1.165) is 13.0 Å². The number of unbranched alkanes of at least 4 members (excludes halogenated alkanes) is 13. The molecule has 3 N–H and O–H groups in total. The zero-order valence-electron chi connectivity index (χ0n) is 18.3. The highest BCUT2D eigenvalue weighted by molar-refractivity contribution is 5.69. The maximum atomic E-state index is 6.20. The number of hydrogen-bond donors (Lipinski definition) is 2. The molecule has 0 bridgehead atoms. The zero-order valence-corrected chi connectivity index (χ0v) is 18.3. The van der Waals surface area contributed by atoms with Crippen molar-refractivity contribution in [1.82, 2.24) is 19.5 Å². The van der Waals surface area contributed by atoms with E-state index in [-0.39, 0.29) is 0 Å². The van der Waals surface area contributed by atoms with E-state index in [1.165, 1.54) is 83.5 Å². The number of nitrogens with two attached hydrogens (primary N) is 1. The van der Waals surface area contributed by atoms with E-state index in [1.54, 1.807) is 23.4 Å². The molecule has 6 heteroatoms. The van der Waals surface area contributed by atoms with Crippen molar-refractivity contribution < 1.29 is 0 Å². The number of hydrogen-bond acceptors (Lipinski definition) is 5. The number of nitrogen functional groups attached to an aromatic ring is 1. The van der Waals surface area contributed by atoms with E-state index in [1.807, 2.05) is 6.20 Å². The summed E-state index contributed by atoms with van der Waals surface area (Å²) < 4.78 is 1.80. The number of anilines is 2. The third kappa shape index (κ3) is 9.29. The molecule has 0 saturated carbocycles. The second-order valence-electron chi connectivity index (χ2n) is 7.95. The predicted molar refractivity (Wildman–Crippen MR) is 122 cm³/mol. The van der Waals surface area contributed by atoms with Gasteiger partial charge in [-0.3, -0.25) is 4.57 Å². The fraction of sp³-hybridized carbons (Fsp3) is 0.696. The fourth-order valence-corrected chi connectivity index (χ4v) is 3.64. The van der Waals surface area contributed by atoms with Crippen LogP contribution in [0, 0.1) is 0 Å². The quantitative estimate of drug-likeness (QED) is 0.312. The zero-order chi connectivity index (χ0) is 20.6. The van der Waals surface area contributed by atoms with Gasteiger partial charge >= 0.3 is 0 Å². The first-order chi connectivity index (χ1) is 14.3. The van der Waals surface area contributed by atoms with E-state index in [4.69, 9.17) is 5.73 Å². The molecule has 0 aromatic carbocycles. The average Bonchev–Trinajstić information content (AvgIpc) is 3.26. The van der Waals surface area contributed by atoms with Crippen LogP contribution in [-0.2, 0) is 0 Å². The molecule has 2 aromatic heterocycles. The molecular weight excluding hydrogens is 360 g/mol. The van der Waals surface area contributed by atoms with E-state index >= 15 is 0 Å².